The van der Waals surface area contributed by atoms with E-state index in [0.29, 0.717) is 0 Å². The number of amides is 1. The number of rotatable bonds is 7. The van der Waals surface area contributed by atoms with Crippen molar-refractivity contribution in [3.8, 4) is 0 Å². The minimum absolute atomic E-state index is 0.0685. The summed E-state index contributed by atoms with van der Waals surface area (Å²) in [5.74, 6) is 1.50. The van der Waals surface area contributed by atoms with Gasteiger partial charge in [-0.05, 0) is 13.3 Å². The fraction of sp³-hybridized carbons (Fsp3) is 0.583. The molecule has 1 amide bonds. The average molecular weight is 251 g/mol. The molecule has 1 rings (SSSR count). The van der Waals surface area contributed by atoms with E-state index in [1.54, 1.807) is 7.05 Å². The van der Waals surface area contributed by atoms with Crippen molar-refractivity contribution in [1.29, 1.82) is 0 Å². The van der Waals surface area contributed by atoms with Gasteiger partial charge in [0.2, 0.25) is 5.91 Å². The molecule has 100 valence electrons. The van der Waals surface area contributed by atoms with Crippen LogP contribution in [-0.2, 0) is 11.2 Å². The molecule has 1 aromatic rings. The highest BCUT2D eigenvalue weighted by Crippen LogP contribution is 2.21. The monoisotopic (exact) mass is 251 g/mol. The van der Waals surface area contributed by atoms with Crippen molar-refractivity contribution < 1.29 is 4.79 Å². The van der Waals surface area contributed by atoms with Gasteiger partial charge in [0.25, 0.3) is 0 Å². The number of nitrogens with zero attached hydrogens (tertiary/aromatic N) is 2. The number of nitrogens with one attached hydrogen (secondary N) is 3. The number of hydrogen-bond acceptors (Lipinski definition) is 5. The third-order valence-electron chi connectivity index (χ3n) is 2.48. The minimum Gasteiger partial charge on any atom is -0.370 e. The Morgan fingerprint density at radius 3 is 2.44 bits per heavy atom. The van der Waals surface area contributed by atoms with Gasteiger partial charge >= 0.3 is 0 Å². The van der Waals surface area contributed by atoms with Crippen LogP contribution < -0.4 is 16.0 Å². The molecule has 1 aromatic heterocycles. The highest BCUT2D eigenvalue weighted by atomic mass is 16.1. The van der Waals surface area contributed by atoms with Gasteiger partial charge in [-0.1, -0.05) is 13.3 Å². The van der Waals surface area contributed by atoms with Crippen molar-refractivity contribution in [1.82, 2.24) is 15.3 Å². The molecule has 0 aromatic carbocycles. The molecular formula is C12H21N5O. The van der Waals surface area contributed by atoms with Gasteiger partial charge in [-0.25, -0.2) is 9.97 Å². The molecule has 0 aliphatic carbocycles. The Kier molecular flexibility index (Phi) is 5.90. The standard InChI is InChI=1S/C12H21N5O/c1-4-6-9-11(14-5-2)16-8-17-12(9)15-7-10(18)13-3/h8H,4-7H2,1-3H3,(H,13,18)(H2,14,15,16,17). The molecule has 0 aliphatic heterocycles. The van der Waals surface area contributed by atoms with Crippen LogP contribution in [0, 0.1) is 0 Å². The maximum Gasteiger partial charge on any atom is 0.239 e. The molecule has 0 fully saturated rings. The molecule has 0 spiro atoms. The molecule has 3 N–H and O–H groups in total. The molecule has 6 nitrogen and oxygen atoms in total. The molecule has 0 bridgehead atoms. The van der Waals surface area contributed by atoms with Crippen LogP contribution in [0.1, 0.15) is 25.8 Å². The smallest absolute Gasteiger partial charge is 0.239 e. The maximum absolute atomic E-state index is 11.2. The number of anilines is 2. The zero-order valence-corrected chi connectivity index (χ0v) is 11.2. The summed E-state index contributed by atoms with van der Waals surface area (Å²) in [5, 5.41) is 8.82. The van der Waals surface area contributed by atoms with Gasteiger partial charge in [0.1, 0.15) is 18.0 Å². The van der Waals surface area contributed by atoms with E-state index in [2.05, 4.69) is 32.8 Å². The Hall–Kier alpha value is -1.85. The number of likely N-dealkylation sites (N-methyl/N-ethyl adjacent to an activating group) is 1. The third kappa shape index (κ3) is 3.87. The van der Waals surface area contributed by atoms with Crippen LogP contribution in [0.5, 0.6) is 0 Å². The van der Waals surface area contributed by atoms with Gasteiger partial charge in [-0.15, -0.1) is 0 Å². The zero-order chi connectivity index (χ0) is 13.4. The number of hydrogen-bond donors (Lipinski definition) is 3. The largest absolute Gasteiger partial charge is 0.370 e. The summed E-state index contributed by atoms with van der Waals surface area (Å²) in [4.78, 5) is 19.7. The van der Waals surface area contributed by atoms with Crippen molar-refractivity contribution >= 4 is 17.5 Å². The molecule has 0 saturated carbocycles. The lowest BCUT2D eigenvalue weighted by Crippen LogP contribution is -2.27. The lowest BCUT2D eigenvalue weighted by Gasteiger charge is -2.14. The molecule has 6 heteroatoms. The van der Waals surface area contributed by atoms with Gasteiger partial charge in [0.15, 0.2) is 0 Å². The van der Waals surface area contributed by atoms with Crippen LogP contribution in [0.15, 0.2) is 6.33 Å². The lowest BCUT2D eigenvalue weighted by molar-refractivity contribution is -0.118. The van der Waals surface area contributed by atoms with Gasteiger partial charge in [-0.2, -0.15) is 0 Å². The first-order valence-corrected chi connectivity index (χ1v) is 6.25. The summed E-state index contributed by atoms with van der Waals surface area (Å²) in [5.41, 5.74) is 1.03. The average Bonchev–Trinajstić information content (AvgIpc) is 2.39. The van der Waals surface area contributed by atoms with E-state index in [1.165, 1.54) is 6.33 Å². The molecule has 0 radical (unpaired) electrons. The number of carbonyl (C=O) groups is 1. The zero-order valence-electron chi connectivity index (χ0n) is 11.2. The Labute approximate surface area is 108 Å². The van der Waals surface area contributed by atoms with Gasteiger partial charge in [-0.3, -0.25) is 4.79 Å². The van der Waals surface area contributed by atoms with Crippen LogP contribution in [0.3, 0.4) is 0 Å². The van der Waals surface area contributed by atoms with Crippen molar-refractivity contribution in [2.75, 3.05) is 30.8 Å². The van der Waals surface area contributed by atoms with E-state index >= 15 is 0 Å². The molecular weight excluding hydrogens is 230 g/mol. The van der Waals surface area contributed by atoms with Crippen molar-refractivity contribution in [3.05, 3.63) is 11.9 Å². The molecule has 0 atom stereocenters. The summed E-state index contributed by atoms with van der Waals surface area (Å²) >= 11 is 0. The topological polar surface area (TPSA) is 78.9 Å². The first-order valence-electron chi connectivity index (χ1n) is 6.25. The van der Waals surface area contributed by atoms with E-state index in [0.717, 1.165) is 36.6 Å². The molecule has 0 aliphatic rings. The van der Waals surface area contributed by atoms with Gasteiger partial charge < -0.3 is 16.0 Å². The van der Waals surface area contributed by atoms with Gasteiger partial charge in [0, 0.05) is 19.2 Å². The van der Waals surface area contributed by atoms with Crippen molar-refractivity contribution in [2.45, 2.75) is 26.7 Å². The second kappa shape index (κ2) is 7.47. The SMILES string of the molecule is CCCc1c(NCC)ncnc1NCC(=O)NC. The Morgan fingerprint density at radius 2 is 1.89 bits per heavy atom. The Morgan fingerprint density at radius 1 is 1.22 bits per heavy atom. The molecule has 0 saturated heterocycles. The molecule has 1 heterocycles. The van der Waals surface area contributed by atoms with E-state index in [1.807, 2.05) is 6.92 Å². The molecule has 0 unspecified atom stereocenters. The summed E-state index contributed by atoms with van der Waals surface area (Å²) in [6.45, 7) is 5.15. The first kappa shape index (κ1) is 14.2. The normalized spacial score (nSPS) is 9.94. The van der Waals surface area contributed by atoms with E-state index < -0.39 is 0 Å². The maximum atomic E-state index is 11.2. The third-order valence-corrected chi connectivity index (χ3v) is 2.48. The van der Waals surface area contributed by atoms with Crippen molar-refractivity contribution in [2.24, 2.45) is 0 Å². The molecule has 18 heavy (non-hydrogen) atoms. The van der Waals surface area contributed by atoms with E-state index in [9.17, 15) is 4.79 Å². The summed E-state index contributed by atoms with van der Waals surface area (Å²) in [6.07, 6.45) is 3.38. The predicted octanol–water partition coefficient (Wildman–Crippen LogP) is 1.02. The van der Waals surface area contributed by atoms with E-state index in [4.69, 9.17) is 0 Å². The van der Waals surface area contributed by atoms with Gasteiger partial charge in [0.05, 0.1) is 6.54 Å². The Bertz CT molecular complexity index is 394. The Balaban J connectivity index is 2.87. The highest BCUT2D eigenvalue weighted by molar-refractivity contribution is 5.80. The second-order valence-electron chi connectivity index (χ2n) is 3.86. The second-order valence-corrected chi connectivity index (χ2v) is 3.86. The minimum atomic E-state index is -0.0685. The number of carbonyl (C=O) groups excluding carboxylic acids is 1. The predicted molar refractivity (Wildman–Crippen MR) is 72.7 cm³/mol. The van der Waals surface area contributed by atoms with Crippen LogP contribution >= 0.6 is 0 Å². The van der Waals surface area contributed by atoms with E-state index in [-0.39, 0.29) is 12.5 Å². The number of aromatic nitrogens is 2. The van der Waals surface area contributed by atoms with Crippen LogP contribution in [0.4, 0.5) is 11.6 Å². The summed E-state index contributed by atoms with van der Waals surface area (Å²) in [7, 11) is 1.61. The van der Waals surface area contributed by atoms with Crippen molar-refractivity contribution in [3.63, 3.8) is 0 Å². The fourth-order valence-electron chi connectivity index (χ4n) is 1.62. The van der Waals surface area contributed by atoms with Crippen LogP contribution in [-0.4, -0.2) is 36.0 Å². The quantitative estimate of drug-likeness (QED) is 0.674. The lowest BCUT2D eigenvalue weighted by atomic mass is 10.1. The van der Waals surface area contributed by atoms with Crippen LogP contribution in [0.2, 0.25) is 0 Å². The summed E-state index contributed by atoms with van der Waals surface area (Å²) < 4.78 is 0. The summed E-state index contributed by atoms with van der Waals surface area (Å²) in [6, 6.07) is 0. The van der Waals surface area contributed by atoms with Crippen LogP contribution in [0.25, 0.3) is 0 Å². The first-order chi connectivity index (χ1) is 8.72. The fourth-order valence-corrected chi connectivity index (χ4v) is 1.62. The highest BCUT2D eigenvalue weighted by Gasteiger charge is 2.10.